The number of anilines is 1. The van der Waals surface area contributed by atoms with Gasteiger partial charge in [-0.1, -0.05) is 0 Å². The third-order valence-electron chi connectivity index (χ3n) is 5.39. The lowest BCUT2D eigenvalue weighted by Crippen LogP contribution is -2.53. The van der Waals surface area contributed by atoms with E-state index in [4.69, 9.17) is 4.99 Å². The van der Waals surface area contributed by atoms with Crippen molar-refractivity contribution in [3.8, 4) is 0 Å². The second kappa shape index (κ2) is 9.71. The molecule has 0 spiro atoms. The number of hydrogen-bond donors (Lipinski definition) is 1. The molecule has 3 rings (SSSR count). The number of piperazine rings is 1. The Hall–Kier alpha value is -1.89. The van der Waals surface area contributed by atoms with Crippen LogP contribution in [0.15, 0.2) is 23.5 Å². The molecule has 0 aliphatic carbocycles. The molecule has 3 heterocycles. The Balaban J connectivity index is 1.48. The topological polar surface area (TPSA) is 59.9 Å². The molecule has 2 aliphatic heterocycles. The predicted octanol–water partition coefficient (Wildman–Crippen LogP) is 1.30. The van der Waals surface area contributed by atoms with Gasteiger partial charge in [0.05, 0.1) is 0 Å². The number of hydrogen-bond acceptors (Lipinski definition) is 5. The quantitative estimate of drug-likeness (QED) is 0.632. The SMILES string of the molecule is CCNC(=NCCC1CCN(C)CC1)N1CCN(c2ncccn2)CC1. The molecule has 0 saturated carbocycles. The van der Waals surface area contributed by atoms with Crippen molar-refractivity contribution in [1.82, 2.24) is 25.1 Å². The first kappa shape index (κ1) is 18.9. The van der Waals surface area contributed by atoms with E-state index in [1.807, 2.05) is 18.5 Å². The number of nitrogens with one attached hydrogen (secondary N) is 1. The second-order valence-electron chi connectivity index (χ2n) is 7.29. The van der Waals surface area contributed by atoms with Crippen molar-refractivity contribution in [2.24, 2.45) is 10.9 Å². The van der Waals surface area contributed by atoms with E-state index in [1.165, 1.54) is 32.4 Å². The Bertz CT molecular complexity index is 546. The van der Waals surface area contributed by atoms with Crippen LogP contribution in [0.1, 0.15) is 26.2 Å². The largest absolute Gasteiger partial charge is 0.357 e. The zero-order valence-electron chi connectivity index (χ0n) is 16.3. The van der Waals surface area contributed by atoms with Crippen LogP contribution < -0.4 is 10.2 Å². The average molecular weight is 360 g/mol. The van der Waals surface area contributed by atoms with Crippen LogP contribution in [0.5, 0.6) is 0 Å². The summed E-state index contributed by atoms with van der Waals surface area (Å²) in [5.74, 6) is 2.73. The van der Waals surface area contributed by atoms with Gasteiger partial charge in [0.1, 0.15) is 0 Å². The number of nitrogens with zero attached hydrogens (tertiary/aromatic N) is 6. The summed E-state index contributed by atoms with van der Waals surface area (Å²) in [6.45, 7) is 10.2. The Morgan fingerprint density at radius 1 is 1.12 bits per heavy atom. The summed E-state index contributed by atoms with van der Waals surface area (Å²) in [6, 6.07) is 1.86. The van der Waals surface area contributed by atoms with Gasteiger partial charge in [0, 0.05) is 51.7 Å². The molecule has 144 valence electrons. The van der Waals surface area contributed by atoms with E-state index in [0.717, 1.165) is 57.1 Å². The fourth-order valence-electron chi connectivity index (χ4n) is 3.70. The van der Waals surface area contributed by atoms with Crippen LogP contribution >= 0.6 is 0 Å². The summed E-state index contributed by atoms with van der Waals surface area (Å²) < 4.78 is 0. The van der Waals surface area contributed by atoms with E-state index < -0.39 is 0 Å². The third-order valence-corrected chi connectivity index (χ3v) is 5.39. The van der Waals surface area contributed by atoms with Crippen molar-refractivity contribution in [3.63, 3.8) is 0 Å². The molecule has 1 N–H and O–H groups in total. The molecule has 0 atom stereocenters. The summed E-state index contributed by atoms with van der Waals surface area (Å²) in [6.07, 6.45) is 7.46. The van der Waals surface area contributed by atoms with Gasteiger partial charge in [0.25, 0.3) is 0 Å². The van der Waals surface area contributed by atoms with Crippen LogP contribution in [0.4, 0.5) is 5.95 Å². The highest BCUT2D eigenvalue weighted by atomic mass is 15.4. The number of aromatic nitrogens is 2. The number of guanidine groups is 1. The number of likely N-dealkylation sites (tertiary alicyclic amines) is 1. The second-order valence-corrected chi connectivity index (χ2v) is 7.29. The highest BCUT2D eigenvalue weighted by Crippen LogP contribution is 2.19. The van der Waals surface area contributed by atoms with Crippen molar-refractivity contribution < 1.29 is 0 Å². The van der Waals surface area contributed by atoms with Crippen LogP contribution in [-0.2, 0) is 0 Å². The standard InChI is InChI=1S/C19H33N7/c1-3-20-18(23-10-5-17-6-11-24(2)12-7-17)25-13-15-26(16-14-25)19-21-8-4-9-22-19/h4,8-9,17H,3,5-7,10-16H2,1-2H3,(H,20,23). The smallest absolute Gasteiger partial charge is 0.225 e. The van der Waals surface area contributed by atoms with Gasteiger partial charge in [-0.15, -0.1) is 0 Å². The first-order chi connectivity index (χ1) is 12.8. The van der Waals surface area contributed by atoms with Crippen LogP contribution in [-0.4, -0.2) is 85.1 Å². The van der Waals surface area contributed by atoms with E-state index >= 15 is 0 Å². The van der Waals surface area contributed by atoms with E-state index in [-0.39, 0.29) is 0 Å². The number of piperidine rings is 1. The minimum absolute atomic E-state index is 0.830. The van der Waals surface area contributed by atoms with E-state index in [2.05, 4.69) is 44.0 Å². The van der Waals surface area contributed by atoms with Crippen molar-refractivity contribution in [2.75, 3.05) is 64.3 Å². The maximum atomic E-state index is 4.92. The van der Waals surface area contributed by atoms with Gasteiger partial charge in [-0.25, -0.2) is 9.97 Å². The lowest BCUT2D eigenvalue weighted by atomic mass is 9.94. The van der Waals surface area contributed by atoms with Gasteiger partial charge in [0.15, 0.2) is 5.96 Å². The summed E-state index contributed by atoms with van der Waals surface area (Å²) in [7, 11) is 2.22. The summed E-state index contributed by atoms with van der Waals surface area (Å²) in [4.78, 5) is 20.7. The van der Waals surface area contributed by atoms with Crippen molar-refractivity contribution in [2.45, 2.75) is 26.2 Å². The molecule has 2 aliphatic rings. The molecule has 1 aromatic rings. The van der Waals surface area contributed by atoms with E-state index in [1.54, 1.807) is 0 Å². The zero-order chi connectivity index (χ0) is 18.2. The molecule has 1 aromatic heterocycles. The molecular weight excluding hydrogens is 326 g/mol. The predicted molar refractivity (Wildman–Crippen MR) is 107 cm³/mol. The van der Waals surface area contributed by atoms with Gasteiger partial charge in [-0.3, -0.25) is 4.99 Å². The molecule has 26 heavy (non-hydrogen) atoms. The summed E-state index contributed by atoms with van der Waals surface area (Å²) in [5, 5.41) is 3.47. The average Bonchev–Trinajstić information content (AvgIpc) is 2.70. The van der Waals surface area contributed by atoms with Crippen molar-refractivity contribution in [3.05, 3.63) is 18.5 Å². The van der Waals surface area contributed by atoms with E-state index in [9.17, 15) is 0 Å². The molecule has 0 bridgehead atoms. The molecule has 0 radical (unpaired) electrons. The van der Waals surface area contributed by atoms with Crippen molar-refractivity contribution >= 4 is 11.9 Å². The van der Waals surface area contributed by atoms with Gasteiger partial charge in [0.2, 0.25) is 5.95 Å². The Kier molecular flexibility index (Phi) is 7.05. The Morgan fingerprint density at radius 2 is 1.81 bits per heavy atom. The first-order valence-electron chi connectivity index (χ1n) is 10.00. The first-order valence-corrected chi connectivity index (χ1v) is 10.00. The molecule has 0 amide bonds. The van der Waals surface area contributed by atoms with Crippen molar-refractivity contribution in [1.29, 1.82) is 0 Å². The van der Waals surface area contributed by atoms with Gasteiger partial charge in [-0.05, 0) is 58.3 Å². The van der Waals surface area contributed by atoms with Crippen LogP contribution in [0.3, 0.4) is 0 Å². The Morgan fingerprint density at radius 3 is 2.46 bits per heavy atom. The number of aliphatic imine (C=N–C) groups is 1. The van der Waals surface area contributed by atoms with E-state index in [0.29, 0.717) is 0 Å². The van der Waals surface area contributed by atoms with Crippen LogP contribution in [0.25, 0.3) is 0 Å². The molecule has 2 saturated heterocycles. The van der Waals surface area contributed by atoms with Crippen LogP contribution in [0, 0.1) is 5.92 Å². The molecule has 7 nitrogen and oxygen atoms in total. The molecule has 2 fully saturated rings. The molecule has 7 heteroatoms. The number of rotatable bonds is 5. The third kappa shape index (κ3) is 5.30. The van der Waals surface area contributed by atoms with Gasteiger partial charge >= 0.3 is 0 Å². The lowest BCUT2D eigenvalue weighted by molar-refractivity contribution is 0.214. The maximum Gasteiger partial charge on any atom is 0.225 e. The normalized spacial score (nSPS) is 20.5. The Labute approximate surface area is 157 Å². The maximum absolute atomic E-state index is 4.92. The highest BCUT2D eigenvalue weighted by Gasteiger charge is 2.21. The van der Waals surface area contributed by atoms with Gasteiger partial charge < -0.3 is 20.0 Å². The molecule has 0 unspecified atom stereocenters. The van der Waals surface area contributed by atoms with Crippen LogP contribution in [0.2, 0.25) is 0 Å². The highest BCUT2D eigenvalue weighted by molar-refractivity contribution is 5.80. The fourth-order valence-corrected chi connectivity index (χ4v) is 3.70. The fraction of sp³-hybridized carbons (Fsp3) is 0.737. The molecular formula is C19H33N7. The monoisotopic (exact) mass is 359 g/mol. The van der Waals surface area contributed by atoms with Gasteiger partial charge in [-0.2, -0.15) is 0 Å². The minimum Gasteiger partial charge on any atom is -0.357 e. The lowest BCUT2D eigenvalue weighted by Gasteiger charge is -2.36. The molecule has 0 aromatic carbocycles. The minimum atomic E-state index is 0.830. The summed E-state index contributed by atoms with van der Waals surface area (Å²) >= 11 is 0. The summed E-state index contributed by atoms with van der Waals surface area (Å²) in [5.41, 5.74) is 0. The zero-order valence-corrected chi connectivity index (χ0v) is 16.3.